The molecule has 16 heavy (non-hydrogen) atoms. The van der Waals surface area contributed by atoms with Crippen LogP contribution in [0.1, 0.15) is 55.8 Å². The molecule has 1 aromatic heterocycles. The maximum atomic E-state index is 4.45. The summed E-state index contributed by atoms with van der Waals surface area (Å²) in [6.07, 6.45) is 6.28. The van der Waals surface area contributed by atoms with E-state index in [1.165, 1.54) is 29.1 Å². The van der Waals surface area contributed by atoms with Crippen molar-refractivity contribution in [2.24, 2.45) is 5.92 Å². The molecule has 0 bridgehead atoms. The normalized spacial score (nSPS) is 18.8. The number of nitrogens with zero attached hydrogens (tertiary/aromatic N) is 1. The molecule has 1 saturated carbocycles. The first-order valence-corrected chi connectivity index (χ1v) is 7.16. The van der Waals surface area contributed by atoms with Gasteiger partial charge in [0, 0.05) is 29.6 Å². The third-order valence-corrected chi connectivity index (χ3v) is 4.82. The smallest absolute Gasteiger partial charge is 0.0953 e. The minimum absolute atomic E-state index is 0.558. The van der Waals surface area contributed by atoms with E-state index in [1.807, 2.05) is 17.5 Å². The van der Waals surface area contributed by atoms with E-state index in [9.17, 15) is 0 Å². The first-order valence-electron chi connectivity index (χ1n) is 6.35. The van der Waals surface area contributed by atoms with Gasteiger partial charge >= 0.3 is 0 Å². The van der Waals surface area contributed by atoms with Gasteiger partial charge in [-0.15, -0.1) is 11.3 Å². The third kappa shape index (κ3) is 2.83. The lowest BCUT2D eigenvalue weighted by Gasteiger charge is -2.31. The number of rotatable bonds is 5. The van der Waals surface area contributed by atoms with Crippen molar-refractivity contribution in [3.63, 3.8) is 0 Å². The van der Waals surface area contributed by atoms with E-state index in [2.05, 4.69) is 31.1 Å². The summed E-state index contributed by atoms with van der Waals surface area (Å²) >= 11 is 1.85. The molecule has 0 radical (unpaired) electrons. The number of thiazole rings is 1. The minimum Gasteiger partial charge on any atom is -0.309 e. The zero-order chi connectivity index (χ0) is 11.5. The van der Waals surface area contributed by atoms with Gasteiger partial charge in [0.2, 0.25) is 0 Å². The standard InChI is InChI=1S/C13H22N2S/c1-9(2)13-15-8-12(16-13)7-14-10(3)11-5-4-6-11/h8-11,14H,4-7H2,1-3H3. The van der Waals surface area contributed by atoms with E-state index < -0.39 is 0 Å². The molecule has 2 rings (SSSR count). The van der Waals surface area contributed by atoms with E-state index in [0.29, 0.717) is 12.0 Å². The predicted molar refractivity (Wildman–Crippen MR) is 69.8 cm³/mol. The summed E-state index contributed by atoms with van der Waals surface area (Å²) in [4.78, 5) is 5.82. The number of aromatic nitrogens is 1. The quantitative estimate of drug-likeness (QED) is 0.848. The van der Waals surface area contributed by atoms with Crippen molar-refractivity contribution in [2.75, 3.05) is 0 Å². The first-order chi connectivity index (χ1) is 7.66. The lowest BCUT2D eigenvalue weighted by atomic mass is 9.80. The Bertz CT molecular complexity index is 328. The van der Waals surface area contributed by atoms with Crippen molar-refractivity contribution >= 4 is 11.3 Å². The Morgan fingerprint density at radius 1 is 1.44 bits per heavy atom. The van der Waals surface area contributed by atoms with Crippen LogP contribution in [-0.4, -0.2) is 11.0 Å². The highest BCUT2D eigenvalue weighted by Crippen LogP contribution is 2.29. The van der Waals surface area contributed by atoms with Crippen LogP contribution in [0.4, 0.5) is 0 Å². The maximum Gasteiger partial charge on any atom is 0.0953 e. The van der Waals surface area contributed by atoms with Gasteiger partial charge in [0.1, 0.15) is 0 Å². The second-order valence-corrected chi connectivity index (χ2v) is 6.33. The van der Waals surface area contributed by atoms with Crippen LogP contribution in [-0.2, 0) is 6.54 Å². The number of hydrogen-bond acceptors (Lipinski definition) is 3. The molecule has 1 fully saturated rings. The van der Waals surface area contributed by atoms with Gasteiger partial charge in [-0.2, -0.15) is 0 Å². The van der Waals surface area contributed by atoms with Crippen LogP contribution in [0.5, 0.6) is 0 Å². The van der Waals surface area contributed by atoms with Crippen molar-refractivity contribution in [2.45, 2.75) is 58.5 Å². The summed E-state index contributed by atoms with van der Waals surface area (Å²) in [5, 5.41) is 4.88. The first kappa shape index (κ1) is 12.1. The molecule has 1 aromatic rings. The summed E-state index contributed by atoms with van der Waals surface area (Å²) in [6, 6.07) is 0.665. The molecule has 1 aliphatic rings. The molecule has 1 atom stereocenters. The Morgan fingerprint density at radius 2 is 2.19 bits per heavy atom. The predicted octanol–water partition coefficient (Wildman–Crippen LogP) is 3.54. The highest BCUT2D eigenvalue weighted by molar-refractivity contribution is 7.11. The molecule has 0 saturated heterocycles. The van der Waals surface area contributed by atoms with E-state index in [1.54, 1.807) is 0 Å². The van der Waals surface area contributed by atoms with Gasteiger partial charge in [0.05, 0.1) is 5.01 Å². The molecular formula is C13H22N2S. The summed E-state index contributed by atoms with van der Waals surface area (Å²) < 4.78 is 0. The Hall–Kier alpha value is -0.410. The topological polar surface area (TPSA) is 24.9 Å². The molecule has 2 nitrogen and oxygen atoms in total. The molecule has 1 N–H and O–H groups in total. The van der Waals surface area contributed by atoms with Gasteiger partial charge in [-0.1, -0.05) is 20.3 Å². The second kappa shape index (κ2) is 5.28. The Labute approximate surface area is 102 Å². The fourth-order valence-corrected chi connectivity index (χ4v) is 2.91. The molecule has 1 aliphatic carbocycles. The molecule has 0 spiro atoms. The van der Waals surface area contributed by atoms with Crippen LogP contribution in [0.15, 0.2) is 6.20 Å². The summed E-state index contributed by atoms with van der Waals surface area (Å²) in [5.74, 6) is 1.47. The molecule has 1 heterocycles. The van der Waals surface area contributed by atoms with Crippen molar-refractivity contribution in [3.8, 4) is 0 Å². The van der Waals surface area contributed by atoms with Gasteiger partial charge in [-0.05, 0) is 25.7 Å². The molecule has 0 aliphatic heterocycles. The van der Waals surface area contributed by atoms with Crippen molar-refractivity contribution in [3.05, 3.63) is 16.1 Å². The lowest BCUT2D eigenvalue weighted by molar-refractivity contribution is 0.240. The summed E-state index contributed by atoms with van der Waals surface area (Å²) in [7, 11) is 0. The zero-order valence-corrected chi connectivity index (χ0v) is 11.3. The number of nitrogens with one attached hydrogen (secondary N) is 1. The van der Waals surface area contributed by atoms with Crippen LogP contribution in [0.2, 0.25) is 0 Å². The van der Waals surface area contributed by atoms with Crippen LogP contribution in [0.3, 0.4) is 0 Å². The Balaban J connectivity index is 1.79. The fourth-order valence-electron chi connectivity index (χ4n) is 2.04. The van der Waals surface area contributed by atoms with Gasteiger partial charge in [-0.25, -0.2) is 4.98 Å². The van der Waals surface area contributed by atoms with Gasteiger partial charge in [0.15, 0.2) is 0 Å². The molecule has 1 unspecified atom stereocenters. The molecule has 90 valence electrons. The van der Waals surface area contributed by atoms with E-state index >= 15 is 0 Å². The molecular weight excluding hydrogens is 216 g/mol. The SMILES string of the molecule is CC(C)c1ncc(CNC(C)C2CCC2)s1. The van der Waals surface area contributed by atoms with Gasteiger partial charge in [0.25, 0.3) is 0 Å². The van der Waals surface area contributed by atoms with Crippen LogP contribution >= 0.6 is 11.3 Å². The van der Waals surface area contributed by atoms with E-state index in [-0.39, 0.29) is 0 Å². The fraction of sp³-hybridized carbons (Fsp3) is 0.769. The minimum atomic E-state index is 0.558. The largest absolute Gasteiger partial charge is 0.309 e. The highest BCUT2D eigenvalue weighted by Gasteiger charge is 2.23. The van der Waals surface area contributed by atoms with Gasteiger partial charge < -0.3 is 5.32 Å². The maximum absolute atomic E-state index is 4.45. The highest BCUT2D eigenvalue weighted by atomic mass is 32.1. The molecule has 0 amide bonds. The average Bonchev–Trinajstić information content (AvgIpc) is 2.60. The van der Waals surface area contributed by atoms with E-state index in [0.717, 1.165) is 12.5 Å². The van der Waals surface area contributed by atoms with Gasteiger partial charge in [-0.3, -0.25) is 0 Å². The second-order valence-electron chi connectivity index (χ2n) is 5.18. The van der Waals surface area contributed by atoms with Crippen molar-refractivity contribution < 1.29 is 0 Å². The summed E-state index contributed by atoms with van der Waals surface area (Å²) in [5.41, 5.74) is 0. The molecule has 0 aromatic carbocycles. The Morgan fingerprint density at radius 3 is 2.69 bits per heavy atom. The molecule has 3 heteroatoms. The van der Waals surface area contributed by atoms with Crippen LogP contribution in [0.25, 0.3) is 0 Å². The monoisotopic (exact) mass is 238 g/mol. The summed E-state index contributed by atoms with van der Waals surface area (Å²) in [6.45, 7) is 7.70. The van der Waals surface area contributed by atoms with Crippen molar-refractivity contribution in [1.29, 1.82) is 0 Å². The zero-order valence-electron chi connectivity index (χ0n) is 10.5. The van der Waals surface area contributed by atoms with Crippen LogP contribution < -0.4 is 5.32 Å². The van der Waals surface area contributed by atoms with E-state index in [4.69, 9.17) is 0 Å². The van der Waals surface area contributed by atoms with Crippen molar-refractivity contribution in [1.82, 2.24) is 10.3 Å². The van der Waals surface area contributed by atoms with Crippen LogP contribution in [0, 0.1) is 5.92 Å². The third-order valence-electron chi connectivity index (χ3n) is 3.52. The lowest BCUT2D eigenvalue weighted by Crippen LogP contribution is -2.36. The average molecular weight is 238 g/mol. The number of hydrogen-bond donors (Lipinski definition) is 1. The Kier molecular flexibility index (Phi) is 3.98.